The zero-order chi connectivity index (χ0) is 18.1. The minimum atomic E-state index is -0.0196. The van der Waals surface area contributed by atoms with E-state index in [1.54, 1.807) is 0 Å². The average Bonchev–Trinajstić information content (AvgIpc) is 2.67. The fraction of sp³-hybridized carbons (Fsp3) is 0.300. The van der Waals surface area contributed by atoms with Crippen molar-refractivity contribution in [2.24, 2.45) is 0 Å². The highest BCUT2D eigenvalue weighted by Gasteiger charge is 2.31. The molecule has 2 heterocycles. The predicted molar refractivity (Wildman–Crippen MR) is 104 cm³/mol. The summed E-state index contributed by atoms with van der Waals surface area (Å²) in [5, 5.41) is 2.87. The van der Waals surface area contributed by atoms with Gasteiger partial charge in [-0.15, -0.1) is 11.8 Å². The minimum absolute atomic E-state index is 0.0135. The SMILES string of the molecule is CN1CCN(C(=O)c2ccc3c(c2)NC(=O)CS3)C(c2ccccc2)C1. The maximum Gasteiger partial charge on any atom is 0.254 e. The largest absolute Gasteiger partial charge is 0.329 e. The molecule has 5 nitrogen and oxygen atoms in total. The van der Waals surface area contributed by atoms with Gasteiger partial charge in [-0.3, -0.25) is 9.59 Å². The minimum Gasteiger partial charge on any atom is -0.329 e. The van der Waals surface area contributed by atoms with Crippen LogP contribution in [0.1, 0.15) is 22.0 Å². The summed E-state index contributed by atoms with van der Waals surface area (Å²) in [6.07, 6.45) is 0. The van der Waals surface area contributed by atoms with E-state index in [1.165, 1.54) is 11.8 Å². The molecule has 1 atom stereocenters. The first-order valence-corrected chi connectivity index (χ1v) is 9.71. The predicted octanol–water partition coefficient (Wildman–Crippen LogP) is 2.86. The maximum absolute atomic E-state index is 13.2. The van der Waals surface area contributed by atoms with Gasteiger partial charge >= 0.3 is 0 Å². The third-order valence-corrected chi connectivity index (χ3v) is 5.96. The summed E-state index contributed by atoms with van der Waals surface area (Å²) in [5.74, 6) is 0.419. The number of likely N-dealkylation sites (N-methyl/N-ethyl adjacent to an activating group) is 1. The molecule has 0 spiro atoms. The monoisotopic (exact) mass is 367 g/mol. The average molecular weight is 367 g/mol. The molecule has 2 aliphatic heterocycles. The fourth-order valence-corrected chi connectivity index (χ4v) is 4.29. The van der Waals surface area contributed by atoms with Crippen LogP contribution in [0, 0.1) is 0 Å². The van der Waals surface area contributed by atoms with Gasteiger partial charge in [0, 0.05) is 30.1 Å². The number of carbonyl (C=O) groups excluding carboxylic acids is 2. The molecular weight excluding hydrogens is 346 g/mol. The molecule has 1 unspecified atom stereocenters. The number of piperazine rings is 1. The van der Waals surface area contributed by atoms with E-state index < -0.39 is 0 Å². The molecule has 6 heteroatoms. The van der Waals surface area contributed by atoms with Crippen molar-refractivity contribution in [3.8, 4) is 0 Å². The fourth-order valence-electron chi connectivity index (χ4n) is 3.50. The molecular formula is C20H21N3O2S. The Morgan fingerprint density at radius 2 is 1.96 bits per heavy atom. The quantitative estimate of drug-likeness (QED) is 0.887. The second-order valence-corrected chi connectivity index (χ2v) is 7.75. The number of hydrogen-bond acceptors (Lipinski definition) is 4. The van der Waals surface area contributed by atoms with Gasteiger partial charge in [0.2, 0.25) is 5.91 Å². The Hall–Kier alpha value is -2.31. The van der Waals surface area contributed by atoms with Gasteiger partial charge in [-0.05, 0) is 30.8 Å². The van der Waals surface area contributed by atoms with Crippen molar-refractivity contribution in [3.63, 3.8) is 0 Å². The number of benzene rings is 2. The van der Waals surface area contributed by atoms with Gasteiger partial charge in [0.1, 0.15) is 0 Å². The Balaban J connectivity index is 1.63. The highest BCUT2D eigenvalue weighted by atomic mass is 32.2. The number of anilines is 1. The molecule has 4 rings (SSSR count). The molecule has 0 bridgehead atoms. The number of nitrogens with zero attached hydrogens (tertiary/aromatic N) is 2. The number of thioether (sulfide) groups is 1. The lowest BCUT2D eigenvalue weighted by Gasteiger charge is -2.40. The van der Waals surface area contributed by atoms with E-state index in [0.717, 1.165) is 29.2 Å². The zero-order valence-corrected chi connectivity index (χ0v) is 15.5. The van der Waals surface area contributed by atoms with Gasteiger partial charge in [0.15, 0.2) is 0 Å². The summed E-state index contributed by atoms with van der Waals surface area (Å²) in [6.45, 7) is 2.35. The van der Waals surface area contributed by atoms with Gasteiger partial charge in [0.25, 0.3) is 5.91 Å². The van der Waals surface area contributed by atoms with Crippen molar-refractivity contribution in [2.75, 3.05) is 37.8 Å². The molecule has 26 heavy (non-hydrogen) atoms. The topological polar surface area (TPSA) is 52.6 Å². The van der Waals surface area contributed by atoms with Crippen LogP contribution >= 0.6 is 11.8 Å². The normalized spacial score (nSPS) is 20.4. The first-order chi connectivity index (χ1) is 12.6. The standard InChI is InChI=1S/C20H21N3O2S/c1-22-9-10-23(17(12-22)14-5-3-2-4-6-14)20(25)15-7-8-18-16(11-15)21-19(24)13-26-18/h2-8,11,17H,9-10,12-13H2,1H3,(H,21,24). The summed E-state index contributed by atoms with van der Waals surface area (Å²) >= 11 is 1.51. The van der Waals surface area contributed by atoms with E-state index in [1.807, 2.05) is 41.3 Å². The second kappa shape index (κ2) is 7.13. The third kappa shape index (κ3) is 3.34. The van der Waals surface area contributed by atoms with Crippen LogP contribution in [0.15, 0.2) is 53.4 Å². The third-order valence-electron chi connectivity index (χ3n) is 4.89. The van der Waals surface area contributed by atoms with Crippen molar-refractivity contribution < 1.29 is 9.59 Å². The number of rotatable bonds is 2. The van der Waals surface area contributed by atoms with Crippen LogP contribution in [-0.4, -0.2) is 54.0 Å². The van der Waals surface area contributed by atoms with Gasteiger partial charge in [-0.1, -0.05) is 30.3 Å². The van der Waals surface area contributed by atoms with E-state index in [9.17, 15) is 9.59 Å². The van der Waals surface area contributed by atoms with E-state index in [4.69, 9.17) is 0 Å². The van der Waals surface area contributed by atoms with Gasteiger partial charge in [0.05, 0.1) is 17.5 Å². The summed E-state index contributed by atoms with van der Waals surface area (Å²) in [7, 11) is 2.09. The van der Waals surface area contributed by atoms with Crippen LogP contribution in [0.5, 0.6) is 0 Å². The highest BCUT2D eigenvalue weighted by Crippen LogP contribution is 2.33. The molecule has 2 aromatic carbocycles. The Bertz CT molecular complexity index is 840. The maximum atomic E-state index is 13.2. The summed E-state index contributed by atoms with van der Waals surface area (Å²) in [5.41, 5.74) is 2.51. The van der Waals surface area contributed by atoms with Crippen LogP contribution in [0.3, 0.4) is 0 Å². The Labute approximate surface area is 157 Å². The second-order valence-electron chi connectivity index (χ2n) is 6.74. The van der Waals surface area contributed by atoms with Crippen molar-refractivity contribution in [1.82, 2.24) is 9.80 Å². The van der Waals surface area contributed by atoms with Gasteiger partial charge in [-0.2, -0.15) is 0 Å². The smallest absolute Gasteiger partial charge is 0.254 e. The van der Waals surface area contributed by atoms with Crippen molar-refractivity contribution >= 4 is 29.3 Å². The molecule has 2 amide bonds. The van der Waals surface area contributed by atoms with Crippen LogP contribution in [-0.2, 0) is 4.79 Å². The lowest BCUT2D eigenvalue weighted by Crippen LogP contribution is -2.49. The van der Waals surface area contributed by atoms with Crippen molar-refractivity contribution in [1.29, 1.82) is 0 Å². The number of nitrogens with one attached hydrogen (secondary N) is 1. The zero-order valence-electron chi connectivity index (χ0n) is 14.6. The van der Waals surface area contributed by atoms with Crippen molar-refractivity contribution in [2.45, 2.75) is 10.9 Å². The molecule has 0 aliphatic carbocycles. The first-order valence-electron chi connectivity index (χ1n) is 8.73. The highest BCUT2D eigenvalue weighted by molar-refractivity contribution is 8.00. The summed E-state index contributed by atoms with van der Waals surface area (Å²) in [6, 6.07) is 15.8. The lowest BCUT2D eigenvalue weighted by molar-refractivity contribution is -0.113. The van der Waals surface area contributed by atoms with Crippen LogP contribution in [0.2, 0.25) is 0 Å². The molecule has 1 fully saturated rings. The van der Waals surface area contributed by atoms with Gasteiger partial charge < -0.3 is 15.1 Å². The molecule has 2 aliphatic rings. The van der Waals surface area contributed by atoms with Crippen LogP contribution in [0.25, 0.3) is 0 Å². The lowest BCUT2D eigenvalue weighted by atomic mass is 10.0. The number of carbonyl (C=O) groups is 2. The molecule has 2 aromatic rings. The number of hydrogen-bond donors (Lipinski definition) is 1. The summed E-state index contributed by atoms with van der Waals surface area (Å²) in [4.78, 5) is 30.1. The number of amides is 2. The Morgan fingerprint density at radius 3 is 2.77 bits per heavy atom. The van der Waals surface area contributed by atoms with E-state index in [2.05, 4.69) is 29.4 Å². The number of fused-ring (bicyclic) bond motifs is 1. The van der Waals surface area contributed by atoms with Crippen molar-refractivity contribution in [3.05, 3.63) is 59.7 Å². The molecule has 0 aromatic heterocycles. The van der Waals surface area contributed by atoms with Crippen LogP contribution in [0.4, 0.5) is 5.69 Å². The molecule has 134 valence electrons. The molecule has 1 N–H and O–H groups in total. The first kappa shape index (κ1) is 17.1. The molecule has 0 saturated carbocycles. The molecule has 1 saturated heterocycles. The molecule has 0 radical (unpaired) electrons. The Morgan fingerprint density at radius 1 is 1.15 bits per heavy atom. The van der Waals surface area contributed by atoms with E-state index in [0.29, 0.717) is 17.9 Å². The summed E-state index contributed by atoms with van der Waals surface area (Å²) < 4.78 is 0. The van der Waals surface area contributed by atoms with E-state index >= 15 is 0 Å². The van der Waals surface area contributed by atoms with Gasteiger partial charge in [-0.25, -0.2) is 0 Å². The van der Waals surface area contributed by atoms with E-state index in [-0.39, 0.29) is 17.9 Å². The Kier molecular flexibility index (Phi) is 4.70. The van der Waals surface area contributed by atoms with Crippen LogP contribution < -0.4 is 5.32 Å².